The molecule has 30 heavy (non-hydrogen) atoms. The van der Waals surface area contributed by atoms with Gasteiger partial charge in [0, 0.05) is 29.9 Å². The number of methoxy groups -OCH3 is 1. The molecule has 4 rings (SSSR count). The number of carbonyl (C=O) groups is 1. The number of ketones is 1. The van der Waals surface area contributed by atoms with Crippen LogP contribution in [0.2, 0.25) is 0 Å². The molecule has 0 radical (unpaired) electrons. The van der Waals surface area contributed by atoms with Crippen molar-refractivity contribution in [2.75, 3.05) is 25.6 Å². The van der Waals surface area contributed by atoms with Crippen LogP contribution in [0.4, 0.5) is 5.69 Å². The SMILES string of the molecule is COc1ccc2c(c1)N(C)C(C(N)C(=O)c1ccc(Br)s1)CN=C2c1ccccc1. The molecule has 1 aromatic heterocycles. The summed E-state index contributed by atoms with van der Waals surface area (Å²) in [6.07, 6.45) is 0. The number of benzene rings is 2. The molecule has 0 fully saturated rings. The van der Waals surface area contributed by atoms with E-state index in [9.17, 15) is 4.79 Å². The van der Waals surface area contributed by atoms with Crippen LogP contribution in [-0.2, 0) is 0 Å². The van der Waals surface area contributed by atoms with Crippen LogP contribution < -0.4 is 15.4 Å². The van der Waals surface area contributed by atoms with Gasteiger partial charge in [0.05, 0.1) is 40.1 Å². The van der Waals surface area contributed by atoms with Gasteiger partial charge in [0.1, 0.15) is 5.75 Å². The molecule has 2 heterocycles. The summed E-state index contributed by atoms with van der Waals surface area (Å²) in [6.45, 7) is 0.414. The van der Waals surface area contributed by atoms with E-state index < -0.39 is 6.04 Å². The molecule has 5 nitrogen and oxygen atoms in total. The smallest absolute Gasteiger partial charge is 0.191 e. The van der Waals surface area contributed by atoms with Crippen LogP contribution >= 0.6 is 27.3 Å². The highest BCUT2D eigenvalue weighted by atomic mass is 79.9. The number of carbonyl (C=O) groups excluding carboxylic acids is 1. The fourth-order valence-corrected chi connectivity index (χ4v) is 5.06. The molecular formula is C23H22BrN3O2S. The molecule has 2 N–H and O–H groups in total. The molecule has 1 aliphatic heterocycles. The molecule has 0 saturated heterocycles. The largest absolute Gasteiger partial charge is 0.497 e. The number of benzodiazepines with no additional fused rings is 1. The number of hydrogen-bond acceptors (Lipinski definition) is 6. The van der Waals surface area contributed by atoms with Crippen LogP contribution in [0.5, 0.6) is 5.75 Å². The standard InChI is InChI=1S/C23H22BrN3O2S/c1-27-17-12-15(29-2)8-9-16(17)22(14-6-4-3-5-7-14)26-13-18(27)21(25)23(28)19-10-11-20(24)30-19/h3-12,18,21H,13,25H2,1-2H3. The van der Waals surface area contributed by atoms with Gasteiger partial charge in [-0.15, -0.1) is 11.3 Å². The quantitative estimate of drug-likeness (QED) is 0.546. The second-order valence-electron chi connectivity index (χ2n) is 7.11. The van der Waals surface area contributed by atoms with Crippen molar-refractivity contribution >= 4 is 44.4 Å². The Kier molecular flexibility index (Phi) is 6.04. The third kappa shape index (κ3) is 3.93. The second kappa shape index (κ2) is 8.71. The van der Waals surface area contributed by atoms with Gasteiger partial charge in [-0.25, -0.2) is 0 Å². The average Bonchev–Trinajstić information content (AvgIpc) is 3.16. The first-order valence-electron chi connectivity index (χ1n) is 9.56. The predicted octanol–water partition coefficient (Wildman–Crippen LogP) is 4.39. The fourth-order valence-electron chi connectivity index (χ4n) is 3.68. The number of nitrogens with two attached hydrogens (primary N) is 1. The molecule has 154 valence electrons. The number of thiophene rings is 1. The summed E-state index contributed by atoms with van der Waals surface area (Å²) in [5.74, 6) is 0.668. The van der Waals surface area contributed by atoms with Crippen LogP contribution in [-0.4, -0.2) is 44.3 Å². The number of rotatable bonds is 5. The first-order chi connectivity index (χ1) is 14.5. The summed E-state index contributed by atoms with van der Waals surface area (Å²) in [4.78, 5) is 20.7. The maximum absolute atomic E-state index is 13.1. The molecule has 0 spiro atoms. The summed E-state index contributed by atoms with van der Waals surface area (Å²) >= 11 is 4.82. The number of halogens is 1. The van der Waals surface area contributed by atoms with E-state index in [4.69, 9.17) is 15.5 Å². The van der Waals surface area contributed by atoms with E-state index in [1.54, 1.807) is 7.11 Å². The summed E-state index contributed by atoms with van der Waals surface area (Å²) in [6, 6.07) is 18.7. The molecular weight excluding hydrogens is 462 g/mol. The lowest BCUT2D eigenvalue weighted by Gasteiger charge is -2.32. The molecule has 1 aliphatic rings. The van der Waals surface area contributed by atoms with Gasteiger partial charge in [-0.3, -0.25) is 9.79 Å². The minimum absolute atomic E-state index is 0.0784. The average molecular weight is 484 g/mol. The van der Waals surface area contributed by atoms with Crippen LogP contribution in [0.15, 0.2) is 69.4 Å². The van der Waals surface area contributed by atoms with Crippen LogP contribution in [0, 0.1) is 0 Å². The normalized spacial score (nSPS) is 17.0. The molecule has 0 bridgehead atoms. The van der Waals surface area contributed by atoms with Crippen molar-refractivity contribution in [3.63, 3.8) is 0 Å². The third-order valence-corrected chi connectivity index (χ3v) is 6.99. The van der Waals surface area contributed by atoms with Crippen molar-refractivity contribution in [1.82, 2.24) is 0 Å². The Morgan fingerprint density at radius 1 is 1.23 bits per heavy atom. The van der Waals surface area contributed by atoms with Gasteiger partial charge < -0.3 is 15.4 Å². The minimum Gasteiger partial charge on any atom is -0.497 e. The van der Waals surface area contributed by atoms with Gasteiger partial charge in [-0.1, -0.05) is 30.3 Å². The van der Waals surface area contributed by atoms with E-state index in [1.807, 2.05) is 67.7 Å². The van der Waals surface area contributed by atoms with Crippen molar-refractivity contribution in [2.45, 2.75) is 12.1 Å². The van der Waals surface area contributed by atoms with Crippen LogP contribution in [0.25, 0.3) is 0 Å². The van der Waals surface area contributed by atoms with E-state index in [-0.39, 0.29) is 11.8 Å². The molecule has 0 aliphatic carbocycles. The van der Waals surface area contributed by atoms with Gasteiger partial charge in [0.25, 0.3) is 0 Å². The lowest BCUT2D eigenvalue weighted by Crippen LogP contribution is -2.52. The number of likely N-dealkylation sites (N-methyl/N-ethyl adjacent to an activating group) is 1. The Hall–Kier alpha value is -2.48. The third-order valence-electron chi connectivity index (χ3n) is 5.35. The summed E-state index contributed by atoms with van der Waals surface area (Å²) in [5, 5.41) is 0. The number of hydrogen-bond donors (Lipinski definition) is 1. The highest BCUT2D eigenvalue weighted by molar-refractivity contribution is 9.11. The van der Waals surface area contributed by atoms with Crippen LogP contribution in [0.3, 0.4) is 0 Å². The summed E-state index contributed by atoms with van der Waals surface area (Å²) in [7, 11) is 3.61. The van der Waals surface area contributed by atoms with E-state index in [2.05, 4.69) is 20.8 Å². The zero-order valence-corrected chi connectivity index (χ0v) is 19.1. The van der Waals surface area contributed by atoms with Crippen molar-refractivity contribution in [3.8, 4) is 5.75 Å². The highest BCUT2D eigenvalue weighted by Gasteiger charge is 2.33. The first kappa shape index (κ1) is 20.8. The number of aliphatic imine (C=N–C) groups is 1. The topological polar surface area (TPSA) is 67.9 Å². The first-order valence-corrected chi connectivity index (χ1v) is 11.2. The lowest BCUT2D eigenvalue weighted by molar-refractivity contribution is 0.0954. The maximum Gasteiger partial charge on any atom is 0.191 e. The number of anilines is 1. The van der Waals surface area contributed by atoms with E-state index >= 15 is 0 Å². The molecule has 7 heteroatoms. The van der Waals surface area contributed by atoms with Gasteiger partial charge in [-0.05, 0) is 40.2 Å². The van der Waals surface area contributed by atoms with Gasteiger partial charge in [0.2, 0.25) is 0 Å². The van der Waals surface area contributed by atoms with Crippen molar-refractivity contribution in [3.05, 3.63) is 80.5 Å². The zero-order chi connectivity index (χ0) is 21.3. The Balaban J connectivity index is 1.77. The number of fused-ring (bicyclic) bond motifs is 1. The molecule has 3 aromatic rings. The predicted molar refractivity (Wildman–Crippen MR) is 126 cm³/mol. The molecule has 0 amide bonds. The number of Topliss-reactive ketones (excluding diaryl/α,β-unsaturated/α-hetero) is 1. The Labute approximate surface area is 188 Å². The summed E-state index contributed by atoms with van der Waals surface area (Å²) < 4.78 is 6.37. The fraction of sp³-hybridized carbons (Fsp3) is 0.217. The van der Waals surface area contributed by atoms with Crippen LogP contribution in [0.1, 0.15) is 20.8 Å². The molecule has 2 unspecified atom stereocenters. The second-order valence-corrected chi connectivity index (χ2v) is 9.57. The number of nitrogens with zero attached hydrogens (tertiary/aromatic N) is 2. The number of ether oxygens (including phenoxy) is 1. The maximum atomic E-state index is 13.1. The van der Waals surface area contributed by atoms with E-state index in [0.29, 0.717) is 11.4 Å². The van der Waals surface area contributed by atoms with Gasteiger partial charge in [-0.2, -0.15) is 0 Å². The Bertz CT molecular complexity index is 1100. The molecule has 2 atom stereocenters. The van der Waals surface area contributed by atoms with E-state index in [0.717, 1.165) is 32.1 Å². The van der Waals surface area contributed by atoms with Gasteiger partial charge in [0.15, 0.2) is 5.78 Å². The monoisotopic (exact) mass is 483 g/mol. The highest BCUT2D eigenvalue weighted by Crippen LogP contribution is 2.32. The summed E-state index contributed by atoms with van der Waals surface area (Å²) in [5.41, 5.74) is 10.4. The van der Waals surface area contributed by atoms with Crippen molar-refractivity contribution in [1.29, 1.82) is 0 Å². The molecule has 2 aromatic carbocycles. The zero-order valence-electron chi connectivity index (χ0n) is 16.7. The Morgan fingerprint density at radius 3 is 2.67 bits per heavy atom. The Morgan fingerprint density at radius 2 is 2.00 bits per heavy atom. The van der Waals surface area contributed by atoms with Crippen molar-refractivity contribution in [2.24, 2.45) is 10.7 Å². The van der Waals surface area contributed by atoms with Gasteiger partial charge >= 0.3 is 0 Å². The minimum atomic E-state index is -0.710. The molecule has 0 saturated carbocycles. The lowest BCUT2D eigenvalue weighted by atomic mass is 9.99. The van der Waals surface area contributed by atoms with E-state index in [1.165, 1.54) is 11.3 Å². The van der Waals surface area contributed by atoms with Crippen molar-refractivity contribution < 1.29 is 9.53 Å².